The second-order valence-corrected chi connectivity index (χ2v) is 6.25. The average Bonchev–Trinajstić information content (AvgIpc) is 2.41. The highest BCUT2D eigenvalue weighted by atomic mass is 19.1. The van der Waals surface area contributed by atoms with Gasteiger partial charge in [0.05, 0.1) is 18.8 Å². The van der Waals surface area contributed by atoms with Gasteiger partial charge >= 0.3 is 0 Å². The highest BCUT2D eigenvalue weighted by Gasteiger charge is 2.21. The largest absolute Gasteiger partial charge is 0.379 e. The van der Waals surface area contributed by atoms with E-state index in [1.54, 1.807) is 12.1 Å². The Morgan fingerprint density at radius 1 is 1.24 bits per heavy atom. The van der Waals surface area contributed by atoms with E-state index in [1.807, 2.05) is 19.9 Å². The SMILES string of the molecule is CCOCC(C)OC(CNC(C)(C)C)c1ccccc1F. The molecular formula is C17H28FNO2. The fourth-order valence-electron chi connectivity index (χ4n) is 1.97. The van der Waals surface area contributed by atoms with Crippen molar-refractivity contribution in [2.45, 2.75) is 52.4 Å². The molecule has 4 heteroatoms. The van der Waals surface area contributed by atoms with Crippen LogP contribution in [0.25, 0.3) is 0 Å². The van der Waals surface area contributed by atoms with Gasteiger partial charge in [-0.05, 0) is 40.7 Å². The van der Waals surface area contributed by atoms with E-state index in [9.17, 15) is 4.39 Å². The van der Waals surface area contributed by atoms with E-state index in [0.717, 1.165) is 0 Å². The third-order valence-electron chi connectivity index (χ3n) is 3.02. The van der Waals surface area contributed by atoms with Crippen molar-refractivity contribution in [1.29, 1.82) is 0 Å². The van der Waals surface area contributed by atoms with Crippen LogP contribution in [0, 0.1) is 5.82 Å². The Balaban J connectivity index is 2.77. The maximum atomic E-state index is 14.0. The topological polar surface area (TPSA) is 30.5 Å². The maximum absolute atomic E-state index is 14.0. The molecule has 0 spiro atoms. The van der Waals surface area contributed by atoms with E-state index in [2.05, 4.69) is 26.1 Å². The van der Waals surface area contributed by atoms with Crippen molar-refractivity contribution in [2.75, 3.05) is 19.8 Å². The Bertz CT molecular complexity index is 417. The number of nitrogens with one attached hydrogen (secondary N) is 1. The fourth-order valence-corrected chi connectivity index (χ4v) is 1.97. The highest BCUT2D eigenvalue weighted by Crippen LogP contribution is 2.22. The highest BCUT2D eigenvalue weighted by molar-refractivity contribution is 5.20. The quantitative estimate of drug-likeness (QED) is 0.793. The van der Waals surface area contributed by atoms with Crippen LogP contribution in [0.1, 0.15) is 46.3 Å². The Morgan fingerprint density at radius 2 is 1.90 bits per heavy atom. The van der Waals surface area contributed by atoms with Crippen molar-refractivity contribution in [1.82, 2.24) is 5.32 Å². The summed E-state index contributed by atoms with van der Waals surface area (Å²) in [4.78, 5) is 0. The number of halogens is 1. The van der Waals surface area contributed by atoms with E-state index in [0.29, 0.717) is 25.3 Å². The molecule has 0 aliphatic rings. The van der Waals surface area contributed by atoms with Crippen molar-refractivity contribution < 1.29 is 13.9 Å². The van der Waals surface area contributed by atoms with Crippen molar-refractivity contribution in [3.05, 3.63) is 35.6 Å². The molecule has 0 saturated carbocycles. The molecule has 2 unspecified atom stereocenters. The van der Waals surface area contributed by atoms with E-state index in [-0.39, 0.29) is 23.6 Å². The second kappa shape index (κ2) is 8.47. The third-order valence-corrected chi connectivity index (χ3v) is 3.02. The van der Waals surface area contributed by atoms with Gasteiger partial charge in [-0.15, -0.1) is 0 Å². The summed E-state index contributed by atoms with van der Waals surface area (Å²) in [5.41, 5.74) is 0.535. The van der Waals surface area contributed by atoms with Crippen molar-refractivity contribution >= 4 is 0 Å². The maximum Gasteiger partial charge on any atom is 0.129 e. The third kappa shape index (κ3) is 7.02. The molecule has 3 nitrogen and oxygen atoms in total. The molecule has 1 aromatic rings. The minimum atomic E-state index is -0.333. The van der Waals surface area contributed by atoms with Crippen LogP contribution in [0.5, 0.6) is 0 Å². The van der Waals surface area contributed by atoms with E-state index < -0.39 is 0 Å². The molecule has 2 atom stereocenters. The Kier molecular flexibility index (Phi) is 7.29. The van der Waals surface area contributed by atoms with Gasteiger partial charge in [0, 0.05) is 24.3 Å². The van der Waals surface area contributed by atoms with Crippen LogP contribution in [-0.4, -0.2) is 31.4 Å². The average molecular weight is 297 g/mol. The Labute approximate surface area is 127 Å². The first-order chi connectivity index (χ1) is 9.83. The molecular weight excluding hydrogens is 269 g/mol. The number of rotatable bonds is 8. The summed E-state index contributed by atoms with van der Waals surface area (Å²) in [6.07, 6.45) is -0.419. The fraction of sp³-hybridized carbons (Fsp3) is 0.647. The van der Waals surface area contributed by atoms with Gasteiger partial charge < -0.3 is 14.8 Å². The van der Waals surface area contributed by atoms with Crippen LogP contribution < -0.4 is 5.32 Å². The van der Waals surface area contributed by atoms with Gasteiger partial charge in [0.1, 0.15) is 5.82 Å². The predicted octanol–water partition coefficient (Wildman–Crippen LogP) is 3.70. The zero-order valence-electron chi connectivity index (χ0n) is 13.8. The number of ether oxygens (including phenoxy) is 2. The van der Waals surface area contributed by atoms with Crippen LogP contribution in [0.2, 0.25) is 0 Å². The summed E-state index contributed by atoms with van der Waals surface area (Å²) >= 11 is 0. The molecule has 0 heterocycles. The molecule has 1 aromatic carbocycles. The standard InChI is InChI=1S/C17H28FNO2/c1-6-20-12-13(2)21-16(11-19-17(3,4)5)14-9-7-8-10-15(14)18/h7-10,13,16,19H,6,11-12H2,1-5H3. The van der Waals surface area contributed by atoms with E-state index in [4.69, 9.17) is 9.47 Å². The molecule has 0 amide bonds. The monoisotopic (exact) mass is 297 g/mol. The number of hydrogen-bond acceptors (Lipinski definition) is 3. The van der Waals surface area contributed by atoms with Gasteiger partial charge in [-0.1, -0.05) is 18.2 Å². The molecule has 1 N–H and O–H groups in total. The summed E-state index contributed by atoms with van der Waals surface area (Å²) in [6, 6.07) is 6.77. The lowest BCUT2D eigenvalue weighted by Crippen LogP contribution is -2.40. The normalized spacial score (nSPS) is 15.0. The summed E-state index contributed by atoms with van der Waals surface area (Å²) in [5, 5.41) is 3.38. The van der Waals surface area contributed by atoms with Crippen molar-refractivity contribution in [3.8, 4) is 0 Å². The first kappa shape index (κ1) is 18.1. The lowest BCUT2D eigenvalue weighted by molar-refractivity contribution is -0.0497. The predicted molar refractivity (Wildman–Crippen MR) is 83.9 cm³/mol. The van der Waals surface area contributed by atoms with Crippen molar-refractivity contribution in [3.63, 3.8) is 0 Å². The molecule has 0 radical (unpaired) electrons. The van der Waals surface area contributed by atoms with Crippen LogP contribution in [-0.2, 0) is 9.47 Å². The van der Waals surface area contributed by atoms with E-state index >= 15 is 0 Å². The molecule has 0 aliphatic heterocycles. The summed E-state index contributed by atoms with van der Waals surface area (Å²) in [7, 11) is 0. The Hall–Kier alpha value is -0.970. The minimum Gasteiger partial charge on any atom is -0.379 e. The van der Waals surface area contributed by atoms with Crippen LogP contribution in [0.4, 0.5) is 4.39 Å². The molecule has 21 heavy (non-hydrogen) atoms. The molecule has 0 saturated heterocycles. The summed E-state index contributed by atoms with van der Waals surface area (Å²) in [5.74, 6) is -0.234. The first-order valence-electron chi connectivity index (χ1n) is 7.56. The van der Waals surface area contributed by atoms with Gasteiger partial charge in [0.15, 0.2) is 0 Å². The van der Waals surface area contributed by atoms with Crippen LogP contribution >= 0.6 is 0 Å². The molecule has 0 bridgehead atoms. The molecule has 0 fully saturated rings. The minimum absolute atomic E-state index is 0.0456. The summed E-state index contributed by atoms with van der Waals surface area (Å²) < 4.78 is 25.4. The lowest BCUT2D eigenvalue weighted by Gasteiger charge is -2.28. The zero-order valence-corrected chi connectivity index (χ0v) is 13.8. The Morgan fingerprint density at radius 3 is 2.48 bits per heavy atom. The molecule has 120 valence electrons. The van der Waals surface area contributed by atoms with Gasteiger partial charge in [-0.2, -0.15) is 0 Å². The van der Waals surface area contributed by atoms with Gasteiger partial charge in [-0.25, -0.2) is 4.39 Å². The molecule has 0 aromatic heterocycles. The first-order valence-corrected chi connectivity index (χ1v) is 7.56. The molecule has 0 aliphatic carbocycles. The smallest absolute Gasteiger partial charge is 0.129 e. The van der Waals surface area contributed by atoms with Gasteiger partial charge in [0.2, 0.25) is 0 Å². The lowest BCUT2D eigenvalue weighted by atomic mass is 10.1. The number of benzene rings is 1. The van der Waals surface area contributed by atoms with Crippen molar-refractivity contribution in [2.24, 2.45) is 0 Å². The van der Waals surface area contributed by atoms with E-state index in [1.165, 1.54) is 6.07 Å². The molecule has 1 rings (SSSR count). The second-order valence-electron chi connectivity index (χ2n) is 6.25. The van der Waals surface area contributed by atoms with Gasteiger partial charge in [0.25, 0.3) is 0 Å². The zero-order chi connectivity index (χ0) is 15.9. The van der Waals surface area contributed by atoms with Crippen LogP contribution in [0.3, 0.4) is 0 Å². The number of hydrogen-bond donors (Lipinski definition) is 1. The van der Waals surface area contributed by atoms with Crippen LogP contribution in [0.15, 0.2) is 24.3 Å². The van der Waals surface area contributed by atoms with Gasteiger partial charge in [-0.3, -0.25) is 0 Å². The summed E-state index contributed by atoms with van der Waals surface area (Å²) in [6.45, 7) is 11.8.